The van der Waals surface area contributed by atoms with Crippen LogP contribution in [0.15, 0.2) is 24.3 Å². The molecule has 8 nitrogen and oxygen atoms in total. The van der Waals surface area contributed by atoms with Gasteiger partial charge in [0.05, 0.1) is 0 Å². The lowest BCUT2D eigenvalue weighted by Crippen LogP contribution is -2.47. The highest BCUT2D eigenvalue weighted by Gasteiger charge is 2.22. The number of hydrogen-bond donors (Lipinski definition) is 2. The fourth-order valence-electron chi connectivity index (χ4n) is 1.72. The molecular weight excluding hydrogens is 355 g/mol. The molecule has 0 radical (unpaired) electrons. The Morgan fingerprint density at radius 3 is 2.25 bits per heavy atom. The van der Waals surface area contributed by atoms with Crippen LogP contribution in [0.4, 0.5) is 4.79 Å². The van der Waals surface area contributed by atoms with Crippen LogP contribution < -0.4 is 25.4 Å². The summed E-state index contributed by atoms with van der Waals surface area (Å²) in [5, 5.41) is 2.40. The Labute approximate surface area is 145 Å². The topological polar surface area (TPSA) is 137 Å². The van der Waals surface area contributed by atoms with Crippen molar-refractivity contribution in [1.29, 1.82) is 0 Å². The zero-order valence-corrected chi connectivity index (χ0v) is 15.2. The summed E-state index contributed by atoms with van der Waals surface area (Å²) in [5.74, 6) is -0.668. The molecule has 134 valence electrons. The van der Waals surface area contributed by atoms with Crippen LogP contribution >= 0.6 is 6.72 Å². The van der Waals surface area contributed by atoms with Crippen LogP contribution in [0, 0.1) is 0 Å². The monoisotopic (exact) mass is 374 g/mol. The van der Waals surface area contributed by atoms with E-state index in [2.05, 4.69) is 21.6 Å². The first-order chi connectivity index (χ1) is 10.9. The van der Waals surface area contributed by atoms with Gasteiger partial charge in [-0.3, -0.25) is 4.79 Å². The van der Waals surface area contributed by atoms with E-state index in [0.29, 0.717) is 5.56 Å². The van der Waals surface area contributed by atoms with Crippen molar-refractivity contribution in [1.82, 2.24) is 5.32 Å². The smallest absolute Gasteiger partial charge is 0.408 e. The molecule has 0 fully saturated rings. The predicted octanol–water partition coefficient (Wildman–Crippen LogP) is -0.0684. The highest BCUT2D eigenvalue weighted by Crippen LogP contribution is 2.29. The summed E-state index contributed by atoms with van der Waals surface area (Å²) in [6.07, 6.45) is -0.651. The summed E-state index contributed by atoms with van der Waals surface area (Å²) >= 11 is 4.15. The van der Waals surface area contributed by atoms with Crippen molar-refractivity contribution >= 4 is 30.5 Å². The number of carbonyl (C=O) groups is 2. The molecule has 1 rings (SSSR count). The van der Waals surface area contributed by atoms with Crippen molar-refractivity contribution in [3.63, 3.8) is 0 Å². The number of rotatable bonds is 6. The Morgan fingerprint density at radius 2 is 1.83 bits per heavy atom. The Bertz CT molecular complexity index is 638. The van der Waals surface area contributed by atoms with Crippen molar-refractivity contribution < 1.29 is 28.6 Å². The van der Waals surface area contributed by atoms with Gasteiger partial charge in [-0.1, -0.05) is 23.9 Å². The lowest BCUT2D eigenvalue weighted by molar-refractivity contribution is -0.313. The van der Waals surface area contributed by atoms with Crippen LogP contribution in [0.3, 0.4) is 0 Å². The van der Waals surface area contributed by atoms with Crippen LogP contribution in [-0.2, 0) is 27.8 Å². The first-order valence-electron chi connectivity index (χ1n) is 6.95. The van der Waals surface area contributed by atoms with Gasteiger partial charge in [-0.2, -0.15) is 0 Å². The number of nitrogens with one attached hydrogen (secondary N) is 1. The predicted molar refractivity (Wildman–Crippen MR) is 87.4 cm³/mol. The van der Waals surface area contributed by atoms with Gasteiger partial charge >= 0.3 is 6.09 Å². The second-order valence-corrected chi connectivity index (χ2v) is 8.41. The molecule has 0 bridgehead atoms. The molecule has 3 N–H and O–H groups in total. The van der Waals surface area contributed by atoms with Gasteiger partial charge in [0.25, 0.3) is 0 Å². The lowest BCUT2D eigenvalue weighted by atomic mass is 10.1. The second-order valence-electron chi connectivity index (χ2n) is 5.99. The van der Waals surface area contributed by atoms with Crippen molar-refractivity contribution in [3.8, 4) is 5.75 Å². The fourth-order valence-corrected chi connectivity index (χ4v) is 2.36. The summed E-state index contributed by atoms with van der Waals surface area (Å²) in [6.45, 7) is 0.779. The van der Waals surface area contributed by atoms with Gasteiger partial charge in [-0.05, 0) is 45.2 Å². The van der Waals surface area contributed by atoms with E-state index in [1.807, 2.05) is 0 Å². The minimum atomic E-state index is -4.30. The number of carbonyl (C=O) groups excluding carboxylic acids is 2. The van der Waals surface area contributed by atoms with Gasteiger partial charge < -0.3 is 30.1 Å². The van der Waals surface area contributed by atoms with Crippen molar-refractivity contribution in [2.45, 2.75) is 38.8 Å². The van der Waals surface area contributed by atoms with Gasteiger partial charge in [-0.15, -0.1) is 0 Å². The molecule has 0 aromatic heterocycles. The molecule has 0 saturated heterocycles. The Balaban J connectivity index is 2.73. The molecule has 10 heteroatoms. The average Bonchev–Trinajstić information content (AvgIpc) is 2.36. The molecule has 0 aliphatic carbocycles. The summed E-state index contributed by atoms with van der Waals surface area (Å²) in [6, 6.07) is 4.87. The van der Waals surface area contributed by atoms with Gasteiger partial charge in [0.2, 0.25) is 5.91 Å². The molecule has 0 heterocycles. The van der Waals surface area contributed by atoms with E-state index in [9.17, 15) is 19.4 Å². The number of amides is 2. The fraction of sp³-hybridized carbons (Fsp3) is 0.429. The molecule has 1 unspecified atom stereocenters. The maximum Gasteiger partial charge on any atom is 0.408 e. The number of nitrogens with two attached hydrogens (primary N) is 1. The average molecular weight is 374 g/mol. The third kappa shape index (κ3) is 8.26. The SMILES string of the molecule is CC(C)(C)OC(=O)NC(Cc1ccc(OP([O-])([O-])=S)cc1)C(N)=O. The van der Waals surface area contributed by atoms with E-state index in [4.69, 9.17) is 10.5 Å². The first kappa shape index (κ1) is 20.4. The van der Waals surface area contributed by atoms with Crippen molar-refractivity contribution in [2.75, 3.05) is 0 Å². The summed E-state index contributed by atoms with van der Waals surface area (Å²) in [4.78, 5) is 45.0. The molecule has 2 amide bonds. The van der Waals surface area contributed by atoms with E-state index < -0.39 is 30.4 Å². The molecule has 0 aliphatic heterocycles. The molecule has 0 aliphatic rings. The van der Waals surface area contributed by atoms with E-state index >= 15 is 0 Å². The van der Waals surface area contributed by atoms with Gasteiger partial charge in [0, 0.05) is 6.42 Å². The third-order valence-corrected chi connectivity index (χ3v) is 3.27. The zero-order valence-electron chi connectivity index (χ0n) is 13.5. The second kappa shape index (κ2) is 7.94. The van der Waals surface area contributed by atoms with Crippen LogP contribution in [-0.4, -0.2) is 23.6 Å². The number of primary amides is 1. The minimum Gasteiger partial charge on any atom is -0.803 e. The number of alkyl carbamates (subject to hydrolysis) is 1. The normalized spacial score (nSPS) is 13.0. The maximum atomic E-state index is 11.7. The zero-order chi connectivity index (χ0) is 18.5. The summed E-state index contributed by atoms with van der Waals surface area (Å²) in [7, 11) is 0. The van der Waals surface area contributed by atoms with Crippen LogP contribution in [0.25, 0.3) is 0 Å². The standard InChI is InChI=1S/C14H21N2O6PS/c1-14(2,3)21-13(18)16-11(12(15)17)8-9-4-6-10(7-5-9)22-23(19,20)24/h4-7,11H,8H2,1-3H3,(H2,15,17)(H,16,18)(H2,19,20,24)/p-2. The number of benzene rings is 1. The van der Waals surface area contributed by atoms with Gasteiger partial charge in [0.1, 0.15) is 17.4 Å². The Morgan fingerprint density at radius 1 is 1.29 bits per heavy atom. The van der Waals surface area contributed by atoms with E-state index in [1.165, 1.54) is 24.3 Å². The molecule has 0 spiro atoms. The van der Waals surface area contributed by atoms with Crippen molar-refractivity contribution in [2.24, 2.45) is 5.73 Å². The van der Waals surface area contributed by atoms with E-state index in [0.717, 1.165) is 0 Å². The molecule has 24 heavy (non-hydrogen) atoms. The first-order valence-corrected chi connectivity index (χ1v) is 9.51. The minimum absolute atomic E-state index is 0.0582. The molecule has 1 aromatic rings. The Kier molecular flexibility index (Phi) is 6.74. The Hall–Kier alpha value is -1.67. The highest BCUT2D eigenvalue weighted by atomic mass is 32.5. The number of ether oxygens (including phenoxy) is 1. The summed E-state index contributed by atoms with van der Waals surface area (Å²) in [5.41, 5.74) is 5.21. The third-order valence-electron chi connectivity index (χ3n) is 2.61. The molecule has 1 atom stereocenters. The largest absolute Gasteiger partial charge is 0.803 e. The summed E-state index contributed by atoms with van der Waals surface area (Å²) < 4.78 is 9.64. The molecule has 0 saturated carbocycles. The molecule has 1 aromatic carbocycles. The van der Waals surface area contributed by atoms with Crippen LogP contribution in [0.2, 0.25) is 0 Å². The van der Waals surface area contributed by atoms with E-state index in [1.54, 1.807) is 20.8 Å². The quantitative estimate of drug-likeness (QED) is 0.665. The maximum absolute atomic E-state index is 11.7. The van der Waals surface area contributed by atoms with Gasteiger partial charge in [0.15, 0.2) is 0 Å². The van der Waals surface area contributed by atoms with Crippen LogP contribution in [0.1, 0.15) is 26.3 Å². The highest BCUT2D eigenvalue weighted by molar-refractivity contribution is 8.05. The van der Waals surface area contributed by atoms with E-state index in [-0.39, 0.29) is 12.2 Å². The van der Waals surface area contributed by atoms with Crippen molar-refractivity contribution in [3.05, 3.63) is 29.8 Å². The number of hydrogen-bond acceptors (Lipinski definition) is 7. The van der Waals surface area contributed by atoms with Gasteiger partial charge in [-0.25, -0.2) is 4.79 Å². The van der Waals surface area contributed by atoms with Crippen LogP contribution in [0.5, 0.6) is 5.75 Å². The lowest BCUT2D eigenvalue weighted by Gasteiger charge is -2.34. The molecular formula is C14H19N2O6PS-2.